The molecule has 0 spiro atoms. The number of ether oxygens (including phenoxy) is 4. The van der Waals surface area contributed by atoms with Crippen molar-refractivity contribution in [2.75, 3.05) is 27.4 Å². The summed E-state index contributed by atoms with van der Waals surface area (Å²) in [6.07, 6.45) is 5.18. The number of allylic oxidation sites excluding steroid dienone is 1. The van der Waals surface area contributed by atoms with E-state index in [1.165, 1.54) is 6.08 Å². The molecule has 0 saturated carbocycles. The number of rotatable bonds is 9. The van der Waals surface area contributed by atoms with Crippen molar-refractivity contribution in [3.8, 4) is 11.5 Å². The van der Waals surface area contributed by atoms with Crippen molar-refractivity contribution in [1.29, 1.82) is 0 Å². The Morgan fingerprint density at radius 3 is 1.91 bits per heavy atom. The summed E-state index contributed by atoms with van der Waals surface area (Å²) in [5.74, 6) is 1.47. The number of aldehydes is 1. The number of hydrogen-bond donors (Lipinski definition) is 0. The third kappa shape index (κ3) is 12.9. The maximum Gasteiger partial charge on any atom is 0.176 e. The Bertz CT molecular complexity index is 837. The first kappa shape index (κ1) is 30.2. The van der Waals surface area contributed by atoms with Gasteiger partial charge >= 0.3 is 0 Å². The van der Waals surface area contributed by atoms with Crippen molar-refractivity contribution >= 4 is 51.5 Å². The molecule has 0 heterocycles. The lowest BCUT2D eigenvalue weighted by Crippen LogP contribution is -2.13. The van der Waals surface area contributed by atoms with Crippen molar-refractivity contribution in [3.05, 3.63) is 75.2 Å². The normalized spacial score (nSPS) is 10.0. The number of carbonyl (C=O) groups excluding carboxylic acids is 1. The smallest absolute Gasteiger partial charge is 0.176 e. The Morgan fingerprint density at radius 1 is 0.969 bits per heavy atom. The lowest BCUT2D eigenvalue weighted by Gasteiger charge is -2.10. The van der Waals surface area contributed by atoms with Crippen LogP contribution in [0.3, 0.4) is 0 Å². The molecule has 0 N–H and O–H groups in total. The van der Waals surface area contributed by atoms with Crippen LogP contribution < -0.4 is 9.47 Å². The zero-order chi connectivity index (χ0) is 24.4. The van der Waals surface area contributed by atoms with Crippen molar-refractivity contribution in [1.82, 2.24) is 0 Å². The standard InChI is InChI=1S/C10H9ClO2.C7H6BrClO.C7H14O2/c1-13-9-5-4-8(3-2-6-12)10(11)7-9;1-10-5-2-3-6(8)7(9)4-5;1-4-7(8-5-2)9-6-3/h2-7H,1H3;2-4H,1H3;4,7H,1,5-6H2,2-3H3/b3-2+;;. The summed E-state index contributed by atoms with van der Waals surface area (Å²) in [6, 6.07) is 10.7. The second-order valence-electron chi connectivity index (χ2n) is 5.68. The van der Waals surface area contributed by atoms with Gasteiger partial charge in [-0.2, -0.15) is 0 Å². The van der Waals surface area contributed by atoms with Crippen LogP contribution in [0, 0.1) is 0 Å². The quantitative estimate of drug-likeness (QED) is 0.143. The summed E-state index contributed by atoms with van der Waals surface area (Å²) in [4.78, 5) is 10.1. The third-order valence-electron chi connectivity index (χ3n) is 3.54. The van der Waals surface area contributed by atoms with E-state index < -0.39 is 0 Å². The van der Waals surface area contributed by atoms with Gasteiger partial charge in [0.15, 0.2) is 6.29 Å². The molecule has 0 radical (unpaired) electrons. The molecule has 0 aromatic heterocycles. The molecule has 8 heteroatoms. The average molecular weight is 548 g/mol. The van der Waals surface area contributed by atoms with Gasteiger partial charge in [0.2, 0.25) is 0 Å². The van der Waals surface area contributed by atoms with Crippen LogP contribution in [0.1, 0.15) is 19.4 Å². The number of methoxy groups -OCH3 is 2. The Morgan fingerprint density at radius 2 is 1.50 bits per heavy atom. The van der Waals surface area contributed by atoms with Crippen LogP contribution in [-0.4, -0.2) is 40.0 Å². The Labute approximate surface area is 209 Å². The van der Waals surface area contributed by atoms with Gasteiger partial charge in [-0.1, -0.05) is 35.9 Å². The summed E-state index contributed by atoms with van der Waals surface area (Å²) in [6.45, 7) is 8.73. The largest absolute Gasteiger partial charge is 0.497 e. The van der Waals surface area contributed by atoms with Gasteiger partial charge in [0.05, 0.1) is 24.3 Å². The lowest BCUT2D eigenvalue weighted by atomic mass is 10.2. The Kier molecular flexibility index (Phi) is 17.6. The van der Waals surface area contributed by atoms with Gasteiger partial charge in [0.25, 0.3) is 0 Å². The minimum absolute atomic E-state index is 0.222. The Balaban J connectivity index is 0.000000461. The summed E-state index contributed by atoms with van der Waals surface area (Å²) in [7, 11) is 3.19. The third-order valence-corrected chi connectivity index (χ3v) is 5.10. The molecule has 0 atom stereocenters. The summed E-state index contributed by atoms with van der Waals surface area (Å²) >= 11 is 14.9. The molecule has 0 aliphatic heterocycles. The number of benzene rings is 2. The summed E-state index contributed by atoms with van der Waals surface area (Å²) < 4.78 is 21.0. The number of halogens is 3. The molecule has 176 valence electrons. The van der Waals surface area contributed by atoms with Gasteiger partial charge in [-0.05, 0) is 83.9 Å². The van der Waals surface area contributed by atoms with Crippen LogP contribution in [0.25, 0.3) is 6.08 Å². The minimum Gasteiger partial charge on any atom is -0.497 e. The fourth-order valence-electron chi connectivity index (χ4n) is 2.03. The maximum absolute atomic E-state index is 10.1. The van der Waals surface area contributed by atoms with Crippen molar-refractivity contribution in [3.63, 3.8) is 0 Å². The van der Waals surface area contributed by atoms with Crippen LogP contribution in [0.2, 0.25) is 10.0 Å². The van der Waals surface area contributed by atoms with Crippen LogP contribution in [0.5, 0.6) is 11.5 Å². The molecule has 0 amide bonds. The second kappa shape index (κ2) is 18.7. The van der Waals surface area contributed by atoms with Crippen LogP contribution in [0.4, 0.5) is 0 Å². The molecule has 2 rings (SSSR count). The van der Waals surface area contributed by atoms with Gasteiger partial charge in [0.1, 0.15) is 17.8 Å². The SMILES string of the molecule is C=CC(OCC)OCC.COc1ccc(/C=C/C=O)c(Cl)c1.COc1ccc(Br)c(Cl)c1. The molecule has 2 aromatic rings. The molecular formula is C24H29BrCl2O5. The fourth-order valence-corrected chi connectivity index (χ4v) is 2.68. The van der Waals surface area contributed by atoms with E-state index in [1.54, 1.807) is 50.6 Å². The van der Waals surface area contributed by atoms with Gasteiger partial charge in [-0.25, -0.2) is 0 Å². The minimum atomic E-state index is -0.222. The van der Waals surface area contributed by atoms with Gasteiger partial charge in [0, 0.05) is 17.7 Å². The predicted octanol–water partition coefficient (Wildman–Crippen LogP) is 7.24. The molecule has 0 saturated heterocycles. The van der Waals surface area contributed by atoms with Gasteiger partial charge in [-0.3, -0.25) is 4.79 Å². The van der Waals surface area contributed by atoms with Crippen LogP contribution in [-0.2, 0) is 14.3 Å². The van der Waals surface area contributed by atoms with E-state index in [0.717, 1.165) is 15.8 Å². The summed E-state index contributed by atoms with van der Waals surface area (Å²) in [5.41, 5.74) is 0.801. The van der Waals surface area contributed by atoms with E-state index in [4.69, 9.17) is 42.1 Å². The zero-order valence-corrected chi connectivity index (χ0v) is 21.7. The maximum atomic E-state index is 10.1. The monoisotopic (exact) mass is 546 g/mol. The molecular weight excluding hydrogens is 519 g/mol. The first-order valence-corrected chi connectivity index (χ1v) is 11.2. The topological polar surface area (TPSA) is 54.0 Å². The van der Waals surface area contributed by atoms with Gasteiger partial charge < -0.3 is 18.9 Å². The van der Waals surface area contributed by atoms with Crippen LogP contribution >= 0.6 is 39.1 Å². The van der Waals surface area contributed by atoms with E-state index in [2.05, 4.69) is 22.5 Å². The average Bonchev–Trinajstić information content (AvgIpc) is 2.80. The molecule has 5 nitrogen and oxygen atoms in total. The molecule has 0 fully saturated rings. The zero-order valence-electron chi connectivity index (χ0n) is 18.6. The highest BCUT2D eigenvalue weighted by Crippen LogP contribution is 2.26. The molecule has 32 heavy (non-hydrogen) atoms. The second-order valence-corrected chi connectivity index (χ2v) is 7.35. The molecule has 0 bridgehead atoms. The number of hydrogen-bond acceptors (Lipinski definition) is 5. The highest BCUT2D eigenvalue weighted by molar-refractivity contribution is 9.10. The lowest BCUT2D eigenvalue weighted by molar-refractivity contribution is -0.104. The van der Waals surface area contributed by atoms with E-state index in [9.17, 15) is 4.79 Å². The van der Waals surface area contributed by atoms with Gasteiger partial charge in [-0.15, -0.1) is 0 Å². The summed E-state index contributed by atoms with van der Waals surface area (Å²) in [5, 5.41) is 1.23. The van der Waals surface area contributed by atoms with E-state index in [-0.39, 0.29) is 6.29 Å². The van der Waals surface area contributed by atoms with E-state index >= 15 is 0 Å². The van der Waals surface area contributed by atoms with Crippen molar-refractivity contribution in [2.24, 2.45) is 0 Å². The van der Waals surface area contributed by atoms with Crippen molar-refractivity contribution in [2.45, 2.75) is 20.1 Å². The molecule has 0 unspecified atom stereocenters. The molecule has 0 aliphatic carbocycles. The first-order valence-electron chi connectivity index (χ1n) is 9.66. The molecule has 0 aliphatic rings. The number of carbonyl (C=O) groups is 1. The molecule has 2 aromatic carbocycles. The fraction of sp³-hybridized carbons (Fsp3) is 0.292. The van der Waals surface area contributed by atoms with Crippen LogP contribution in [0.15, 0.2) is 59.6 Å². The predicted molar refractivity (Wildman–Crippen MR) is 136 cm³/mol. The first-order chi connectivity index (χ1) is 15.4. The highest BCUT2D eigenvalue weighted by atomic mass is 79.9. The van der Waals surface area contributed by atoms with Crippen molar-refractivity contribution < 1.29 is 23.7 Å². The highest BCUT2D eigenvalue weighted by Gasteiger charge is 1.99. The van der Waals surface area contributed by atoms with E-state index in [1.807, 2.05) is 26.0 Å². The van der Waals surface area contributed by atoms with E-state index in [0.29, 0.717) is 35.3 Å². The Hall–Kier alpha value is -1.83.